The van der Waals surface area contributed by atoms with Gasteiger partial charge in [-0.2, -0.15) is 16.8 Å². The van der Waals surface area contributed by atoms with Gasteiger partial charge in [0.05, 0.1) is 24.0 Å². The van der Waals surface area contributed by atoms with Crippen LogP contribution in [-0.4, -0.2) is 57.5 Å². The fourth-order valence-corrected chi connectivity index (χ4v) is 11.7. The van der Waals surface area contributed by atoms with Gasteiger partial charge in [-0.1, -0.05) is 99.1 Å². The molecule has 0 unspecified atom stereocenters. The van der Waals surface area contributed by atoms with E-state index >= 15 is 0 Å². The summed E-state index contributed by atoms with van der Waals surface area (Å²) in [5.41, 5.74) is 8.61. The van der Waals surface area contributed by atoms with Crippen LogP contribution in [0.25, 0.3) is 0 Å². The summed E-state index contributed by atoms with van der Waals surface area (Å²) in [6.45, 7) is 3.23. The first-order valence-electron chi connectivity index (χ1n) is 20.0. The number of ether oxygens (including phenoxy) is 4. The SMILES string of the molecule is COc1c2cc(Br)cc1Cc1cc(Br)cc(c1OCCOS(=O)(=O)c1ccc(C)cc1)Cc1cc(Br)cc(c1OC)Cc1cc(Br)cc(c1OCCOS(=O)(=O)c1ccc(C)cc1)C2. The van der Waals surface area contributed by atoms with Gasteiger partial charge in [0.2, 0.25) is 0 Å². The van der Waals surface area contributed by atoms with Crippen molar-refractivity contribution in [2.75, 3.05) is 40.6 Å². The van der Waals surface area contributed by atoms with Crippen molar-refractivity contribution < 1.29 is 44.1 Å². The molecule has 0 heterocycles. The lowest BCUT2D eigenvalue weighted by Gasteiger charge is -2.23. The zero-order valence-electron chi connectivity index (χ0n) is 35.3. The summed E-state index contributed by atoms with van der Waals surface area (Å²) in [5.74, 6) is 2.47. The van der Waals surface area contributed by atoms with Crippen molar-refractivity contribution in [2.24, 2.45) is 0 Å². The third kappa shape index (κ3) is 11.6. The number of benzene rings is 6. The van der Waals surface area contributed by atoms with Gasteiger partial charge < -0.3 is 18.9 Å². The summed E-state index contributed by atoms with van der Waals surface area (Å²) in [5, 5.41) is 0. The van der Waals surface area contributed by atoms with E-state index in [0.29, 0.717) is 48.7 Å². The van der Waals surface area contributed by atoms with Gasteiger partial charge in [-0.15, -0.1) is 0 Å². The van der Waals surface area contributed by atoms with Gasteiger partial charge in [-0.3, -0.25) is 8.37 Å². The minimum atomic E-state index is -4.02. The molecule has 0 radical (unpaired) electrons. The van der Waals surface area contributed by atoms with E-state index in [4.69, 9.17) is 27.3 Å². The number of aryl methyl sites for hydroxylation is 2. The van der Waals surface area contributed by atoms with Crippen molar-refractivity contribution in [3.63, 3.8) is 0 Å². The second kappa shape index (κ2) is 20.8. The van der Waals surface area contributed by atoms with Gasteiger partial charge in [0, 0.05) is 88.1 Å². The molecule has 6 aromatic rings. The third-order valence-electron chi connectivity index (χ3n) is 10.5. The highest BCUT2D eigenvalue weighted by atomic mass is 79.9. The van der Waals surface area contributed by atoms with E-state index in [1.54, 1.807) is 38.5 Å². The van der Waals surface area contributed by atoms with Crippen LogP contribution in [-0.2, 0) is 54.3 Å². The molecule has 8 bridgehead atoms. The Bertz CT molecular complexity index is 2610. The first-order chi connectivity index (χ1) is 30.5. The molecule has 7 rings (SSSR count). The molecule has 0 aromatic heterocycles. The van der Waals surface area contributed by atoms with Crippen molar-refractivity contribution in [1.82, 2.24) is 0 Å². The maximum absolute atomic E-state index is 13.1. The second-order valence-electron chi connectivity index (χ2n) is 15.2. The Morgan fingerprint density at radius 3 is 0.906 bits per heavy atom. The van der Waals surface area contributed by atoms with E-state index in [-0.39, 0.29) is 36.2 Å². The molecular formula is C48H44Br4O10S2. The Morgan fingerprint density at radius 2 is 0.656 bits per heavy atom. The van der Waals surface area contributed by atoms with Crippen molar-refractivity contribution in [3.05, 3.63) is 171 Å². The molecule has 0 N–H and O–H groups in total. The summed E-state index contributed by atoms with van der Waals surface area (Å²) >= 11 is 15.1. The normalized spacial score (nSPS) is 12.8. The summed E-state index contributed by atoms with van der Waals surface area (Å²) in [7, 11) is -4.77. The standard InChI is InChI=1S/C48H44Br4O10S2/c1-29-5-9-43(10-6-29)63(53,54)61-15-13-59-47-35-17-31-21-39(49)23-33(45(31)57-3)19-37-27-42(52)28-38(48(37)60-14-16-62-64(55,56)44-11-7-30(2)8-12-44)20-34-24-40(50)22-32(46(34)58-4)18-36(47)26-41(51)25-35/h5-12,21-28H,13-20H2,1-4H3. The molecule has 0 atom stereocenters. The van der Waals surface area contributed by atoms with Crippen LogP contribution in [0.2, 0.25) is 0 Å². The molecule has 0 aliphatic heterocycles. The Kier molecular flexibility index (Phi) is 15.7. The number of rotatable bonds is 14. The van der Waals surface area contributed by atoms with Crippen molar-refractivity contribution in [2.45, 2.75) is 49.3 Å². The van der Waals surface area contributed by atoms with Gasteiger partial charge in [0.25, 0.3) is 20.2 Å². The monoisotopic (exact) mass is 1160 g/mol. The number of fused-ring (bicyclic) bond motifs is 8. The largest absolute Gasteiger partial charge is 0.496 e. The fraction of sp³-hybridized carbons (Fsp3) is 0.250. The minimum Gasteiger partial charge on any atom is -0.496 e. The average Bonchev–Trinajstić information content (AvgIpc) is 3.22. The van der Waals surface area contributed by atoms with E-state index in [1.807, 2.05) is 62.4 Å². The van der Waals surface area contributed by atoms with E-state index in [1.165, 1.54) is 24.3 Å². The first kappa shape index (κ1) is 48.2. The molecule has 0 saturated heterocycles. The van der Waals surface area contributed by atoms with Crippen LogP contribution < -0.4 is 18.9 Å². The van der Waals surface area contributed by atoms with E-state index in [9.17, 15) is 16.8 Å². The smallest absolute Gasteiger partial charge is 0.297 e. The van der Waals surface area contributed by atoms with Gasteiger partial charge >= 0.3 is 0 Å². The molecule has 6 aromatic carbocycles. The lowest BCUT2D eigenvalue weighted by molar-refractivity contribution is 0.219. The van der Waals surface area contributed by atoms with Crippen LogP contribution in [0.4, 0.5) is 0 Å². The first-order valence-corrected chi connectivity index (χ1v) is 26.0. The van der Waals surface area contributed by atoms with Gasteiger partial charge in [0.15, 0.2) is 0 Å². The van der Waals surface area contributed by atoms with Crippen LogP contribution in [0.3, 0.4) is 0 Å². The molecule has 0 spiro atoms. The maximum Gasteiger partial charge on any atom is 0.297 e. The van der Waals surface area contributed by atoms with Crippen LogP contribution >= 0.6 is 63.7 Å². The topological polar surface area (TPSA) is 124 Å². The Morgan fingerprint density at radius 1 is 0.406 bits per heavy atom. The number of hydrogen-bond acceptors (Lipinski definition) is 10. The average molecular weight is 1160 g/mol. The highest BCUT2D eigenvalue weighted by Crippen LogP contribution is 2.42. The molecule has 0 saturated carbocycles. The number of halogens is 4. The fourth-order valence-electron chi connectivity index (χ4n) is 7.73. The van der Waals surface area contributed by atoms with Crippen LogP contribution in [0.5, 0.6) is 23.0 Å². The van der Waals surface area contributed by atoms with Crippen LogP contribution in [0.1, 0.15) is 55.6 Å². The summed E-state index contributed by atoms with van der Waals surface area (Å²) in [6, 6.07) is 29.0. The van der Waals surface area contributed by atoms with Crippen molar-refractivity contribution in [3.8, 4) is 23.0 Å². The molecule has 1 aliphatic rings. The Hall–Kier alpha value is -3.74. The Labute approximate surface area is 408 Å². The zero-order chi connectivity index (χ0) is 45.8. The summed E-state index contributed by atoms with van der Waals surface area (Å²) in [6.07, 6.45) is 1.50. The second-order valence-corrected chi connectivity index (χ2v) is 22.1. The molecular weight excluding hydrogens is 1120 g/mol. The minimum absolute atomic E-state index is 0.0519. The highest BCUT2D eigenvalue weighted by molar-refractivity contribution is 9.11. The van der Waals surface area contributed by atoms with Crippen LogP contribution in [0, 0.1) is 13.8 Å². The third-order valence-corrected chi connectivity index (χ3v) is 15.0. The lowest BCUT2D eigenvalue weighted by Crippen LogP contribution is -2.15. The lowest BCUT2D eigenvalue weighted by atomic mass is 9.91. The molecule has 0 amide bonds. The van der Waals surface area contributed by atoms with Crippen LogP contribution in [0.15, 0.2) is 125 Å². The number of hydrogen-bond donors (Lipinski definition) is 0. The Balaban J connectivity index is 1.29. The highest BCUT2D eigenvalue weighted by Gasteiger charge is 2.25. The van der Waals surface area contributed by atoms with E-state index in [0.717, 1.165) is 73.5 Å². The van der Waals surface area contributed by atoms with E-state index < -0.39 is 20.2 Å². The van der Waals surface area contributed by atoms with Crippen molar-refractivity contribution in [1.29, 1.82) is 0 Å². The predicted octanol–water partition coefficient (Wildman–Crippen LogP) is 11.6. The zero-order valence-corrected chi connectivity index (χ0v) is 43.3. The quantitative estimate of drug-likeness (QED) is 0.0768. The molecule has 1 aliphatic carbocycles. The predicted molar refractivity (Wildman–Crippen MR) is 261 cm³/mol. The molecule has 336 valence electrons. The maximum atomic E-state index is 13.1. The van der Waals surface area contributed by atoms with Gasteiger partial charge in [-0.05, 0) is 86.6 Å². The molecule has 10 nitrogen and oxygen atoms in total. The summed E-state index contributed by atoms with van der Waals surface area (Å²) in [4.78, 5) is 0.142. The van der Waals surface area contributed by atoms with Gasteiger partial charge in [0.1, 0.15) is 49.4 Å². The molecule has 0 fully saturated rings. The van der Waals surface area contributed by atoms with E-state index in [2.05, 4.69) is 63.7 Å². The molecule has 16 heteroatoms. The van der Waals surface area contributed by atoms with Gasteiger partial charge in [-0.25, -0.2) is 0 Å². The molecule has 64 heavy (non-hydrogen) atoms. The number of methoxy groups -OCH3 is 2. The van der Waals surface area contributed by atoms with Crippen molar-refractivity contribution >= 4 is 84.0 Å². The summed E-state index contributed by atoms with van der Waals surface area (Å²) < 4.78 is 91.9.